The Hall–Kier alpha value is -2.24. The Labute approximate surface area is 150 Å². The maximum atomic E-state index is 6.02. The van der Waals surface area contributed by atoms with Gasteiger partial charge in [-0.15, -0.1) is 5.92 Å². The third-order valence-electron chi connectivity index (χ3n) is 5.42. The van der Waals surface area contributed by atoms with Crippen LogP contribution in [-0.4, -0.2) is 24.6 Å². The molecule has 0 radical (unpaired) electrons. The van der Waals surface area contributed by atoms with Crippen LogP contribution in [-0.2, 0) is 12.8 Å². The summed E-state index contributed by atoms with van der Waals surface area (Å²) >= 11 is 0. The third kappa shape index (κ3) is 2.83. The van der Waals surface area contributed by atoms with E-state index in [0.717, 1.165) is 18.6 Å². The van der Waals surface area contributed by atoms with Crippen molar-refractivity contribution >= 4 is 0 Å². The van der Waals surface area contributed by atoms with Crippen molar-refractivity contribution in [2.75, 3.05) is 19.7 Å². The van der Waals surface area contributed by atoms with Gasteiger partial charge in [0.1, 0.15) is 12.4 Å². The SMILES string of the molecule is CC#CCOc1cccc2c1-c1cccc3c1[C@@H](C2)N(CCC)CC3. The van der Waals surface area contributed by atoms with Crippen molar-refractivity contribution in [1.29, 1.82) is 0 Å². The van der Waals surface area contributed by atoms with E-state index in [9.17, 15) is 0 Å². The zero-order valence-corrected chi connectivity index (χ0v) is 15.1. The standard InChI is InChI=1S/C23H25NO/c1-3-5-15-25-21-11-7-9-18-16-20-22-17(12-14-24(20)13-4-2)8-6-10-19(22)23(18)21/h6-11,20H,4,12-16H2,1-2H3/t20-/m1/s1. The Morgan fingerprint density at radius 2 is 2.00 bits per heavy atom. The maximum absolute atomic E-state index is 6.02. The molecule has 0 bridgehead atoms. The van der Waals surface area contributed by atoms with Crippen molar-refractivity contribution in [1.82, 2.24) is 4.90 Å². The van der Waals surface area contributed by atoms with Crippen molar-refractivity contribution in [3.63, 3.8) is 0 Å². The minimum Gasteiger partial charge on any atom is -0.480 e. The molecule has 128 valence electrons. The molecule has 1 aliphatic heterocycles. The molecule has 2 heteroatoms. The van der Waals surface area contributed by atoms with Crippen LogP contribution in [0.1, 0.15) is 43.0 Å². The van der Waals surface area contributed by atoms with Crippen LogP contribution in [0, 0.1) is 11.8 Å². The summed E-state index contributed by atoms with van der Waals surface area (Å²) in [7, 11) is 0. The van der Waals surface area contributed by atoms with E-state index >= 15 is 0 Å². The second-order valence-electron chi connectivity index (χ2n) is 6.89. The predicted octanol–water partition coefficient (Wildman–Crippen LogP) is 4.62. The molecule has 2 aliphatic rings. The molecule has 2 aromatic rings. The highest BCUT2D eigenvalue weighted by atomic mass is 16.5. The molecule has 1 aliphatic carbocycles. The first kappa shape index (κ1) is 16.2. The van der Waals surface area contributed by atoms with Gasteiger partial charge in [0.25, 0.3) is 0 Å². The number of hydrogen-bond acceptors (Lipinski definition) is 2. The van der Waals surface area contributed by atoms with E-state index in [1.54, 1.807) is 0 Å². The summed E-state index contributed by atoms with van der Waals surface area (Å²) in [5.41, 5.74) is 7.10. The Balaban J connectivity index is 1.82. The molecule has 0 unspecified atom stereocenters. The highest BCUT2D eigenvalue weighted by molar-refractivity contribution is 5.80. The molecule has 0 spiro atoms. The topological polar surface area (TPSA) is 12.5 Å². The van der Waals surface area contributed by atoms with Crippen molar-refractivity contribution in [2.24, 2.45) is 0 Å². The zero-order chi connectivity index (χ0) is 17.2. The van der Waals surface area contributed by atoms with Crippen LogP contribution in [0.15, 0.2) is 36.4 Å². The zero-order valence-electron chi connectivity index (χ0n) is 15.1. The first-order chi connectivity index (χ1) is 12.3. The van der Waals surface area contributed by atoms with Crippen LogP contribution in [0.2, 0.25) is 0 Å². The summed E-state index contributed by atoms with van der Waals surface area (Å²) < 4.78 is 6.02. The molecule has 2 aromatic carbocycles. The van der Waals surface area contributed by atoms with Crippen molar-refractivity contribution in [3.8, 4) is 28.7 Å². The lowest BCUT2D eigenvalue weighted by Gasteiger charge is -2.41. The first-order valence-corrected chi connectivity index (χ1v) is 9.34. The molecule has 25 heavy (non-hydrogen) atoms. The Kier molecular flexibility index (Phi) is 4.51. The fraction of sp³-hybridized carbons (Fsp3) is 0.391. The fourth-order valence-corrected chi connectivity index (χ4v) is 4.40. The first-order valence-electron chi connectivity index (χ1n) is 9.34. The summed E-state index contributed by atoms with van der Waals surface area (Å²) in [6, 6.07) is 13.8. The van der Waals surface area contributed by atoms with Gasteiger partial charge in [-0.05, 0) is 61.1 Å². The van der Waals surface area contributed by atoms with E-state index in [4.69, 9.17) is 4.74 Å². The van der Waals surface area contributed by atoms with E-state index in [0.29, 0.717) is 12.6 Å². The molecule has 0 saturated heterocycles. The number of fused-ring (bicyclic) bond motifs is 2. The minimum atomic E-state index is 0.452. The summed E-state index contributed by atoms with van der Waals surface area (Å²) in [4.78, 5) is 2.67. The van der Waals surface area contributed by atoms with Gasteiger partial charge >= 0.3 is 0 Å². The van der Waals surface area contributed by atoms with Gasteiger partial charge in [0.2, 0.25) is 0 Å². The lowest BCUT2D eigenvalue weighted by Crippen LogP contribution is -2.38. The van der Waals surface area contributed by atoms with E-state index in [-0.39, 0.29) is 0 Å². The summed E-state index contributed by atoms with van der Waals surface area (Å²) in [6.07, 6.45) is 3.44. The van der Waals surface area contributed by atoms with Gasteiger partial charge in [-0.3, -0.25) is 4.90 Å². The Bertz CT molecular complexity index is 843. The van der Waals surface area contributed by atoms with E-state index in [1.165, 1.54) is 47.3 Å². The molecule has 0 N–H and O–H groups in total. The van der Waals surface area contributed by atoms with Crippen molar-refractivity contribution in [2.45, 2.75) is 39.2 Å². The van der Waals surface area contributed by atoms with E-state index < -0.39 is 0 Å². The van der Waals surface area contributed by atoms with Crippen LogP contribution < -0.4 is 4.74 Å². The number of hydrogen-bond donors (Lipinski definition) is 0. The fourth-order valence-electron chi connectivity index (χ4n) is 4.40. The smallest absolute Gasteiger partial charge is 0.149 e. The van der Waals surface area contributed by atoms with Gasteiger partial charge in [-0.2, -0.15) is 0 Å². The van der Waals surface area contributed by atoms with Gasteiger partial charge in [0, 0.05) is 18.2 Å². The monoisotopic (exact) mass is 331 g/mol. The minimum absolute atomic E-state index is 0.452. The largest absolute Gasteiger partial charge is 0.480 e. The number of ether oxygens (including phenoxy) is 1. The molecule has 0 fully saturated rings. The molecule has 1 heterocycles. The number of nitrogens with zero attached hydrogens (tertiary/aromatic N) is 1. The average molecular weight is 331 g/mol. The second-order valence-corrected chi connectivity index (χ2v) is 6.89. The van der Waals surface area contributed by atoms with Crippen LogP contribution in [0.4, 0.5) is 0 Å². The second kappa shape index (κ2) is 6.94. The lowest BCUT2D eigenvalue weighted by molar-refractivity contribution is 0.183. The Morgan fingerprint density at radius 1 is 1.16 bits per heavy atom. The van der Waals surface area contributed by atoms with Gasteiger partial charge in [-0.25, -0.2) is 0 Å². The molecule has 4 rings (SSSR count). The van der Waals surface area contributed by atoms with E-state index in [2.05, 4.69) is 60.1 Å². The van der Waals surface area contributed by atoms with Crippen molar-refractivity contribution < 1.29 is 4.74 Å². The third-order valence-corrected chi connectivity index (χ3v) is 5.42. The quantitative estimate of drug-likeness (QED) is 0.758. The summed E-state index contributed by atoms with van der Waals surface area (Å²) in [6.45, 7) is 6.93. The lowest BCUT2D eigenvalue weighted by atomic mass is 9.77. The van der Waals surface area contributed by atoms with Crippen LogP contribution >= 0.6 is 0 Å². The molecule has 0 aromatic heterocycles. The van der Waals surface area contributed by atoms with Gasteiger partial charge < -0.3 is 4.74 Å². The number of rotatable bonds is 4. The maximum Gasteiger partial charge on any atom is 0.149 e. The normalized spacial score (nSPS) is 17.9. The molecule has 1 atom stereocenters. The molecule has 0 amide bonds. The predicted molar refractivity (Wildman–Crippen MR) is 103 cm³/mol. The average Bonchev–Trinajstić information content (AvgIpc) is 2.64. The number of benzene rings is 2. The molecular formula is C23H25NO. The van der Waals surface area contributed by atoms with Gasteiger partial charge in [0.15, 0.2) is 0 Å². The highest BCUT2D eigenvalue weighted by Crippen LogP contribution is 2.48. The van der Waals surface area contributed by atoms with E-state index in [1.807, 2.05) is 6.92 Å². The molecule has 2 nitrogen and oxygen atoms in total. The Morgan fingerprint density at radius 3 is 2.84 bits per heavy atom. The van der Waals surface area contributed by atoms with Crippen LogP contribution in [0.25, 0.3) is 11.1 Å². The molecule has 0 saturated carbocycles. The summed E-state index contributed by atoms with van der Waals surface area (Å²) in [5, 5.41) is 0. The van der Waals surface area contributed by atoms with Crippen LogP contribution in [0.5, 0.6) is 5.75 Å². The van der Waals surface area contributed by atoms with Gasteiger partial charge in [-0.1, -0.05) is 43.2 Å². The van der Waals surface area contributed by atoms with Crippen molar-refractivity contribution in [3.05, 3.63) is 53.1 Å². The van der Waals surface area contributed by atoms with Crippen LogP contribution in [0.3, 0.4) is 0 Å². The molecular weight excluding hydrogens is 306 g/mol. The van der Waals surface area contributed by atoms with Gasteiger partial charge in [0.05, 0.1) is 0 Å². The highest BCUT2D eigenvalue weighted by Gasteiger charge is 2.34. The summed E-state index contributed by atoms with van der Waals surface area (Å²) in [5.74, 6) is 6.90.